The molecular formula is C22H21BrN4O3. The average Bonchev–Trinajstić information content (AvgIpc) is 3.23. The number of benzene rings is 1. The van der Waals surface area contributed by atoms with Crippen LogP contribution in [0.1, 0.15) is 34.1 Å². The lowest BCUT2D eigenvalue weighted by Crippen LogP contribution is -2.57. The molecule has 4 rings (SSSR count). The van der Waals surface area contributed by atoms with Crippen LogP contribution in [0.15, 0.2) is 53.4 Å². The van der Waals surface area contributed by atoms with E-state index in [9.17, 15) is 14.4 Å². The van der Waals surface area contributed by atoms with Crippen LogP contribution in [0, 0.1) is 0 Å². The number of halogens is 1. The molecule has 1 fully saturated rings. The highest BCUT2D eigenvalue weighted by molar-refractivity contribution is 9.10. The maximum Gasteiger partial charge on any atom is 0.295 e. The van der Waals surface area contributed by atoms with Gasteiger partial charge in [-0.05, 0) is 40.5 Å². The van der Waals surface area contributed by atoms with E-state index in [1.807, 2.05) is 25.1 Å². The summed E-state index contributed by atoms with van der Waals surface area (Å²) in [5.41, 5.74) is 1.64. The first-order valence-electron chi connectivity index (χ1n) is 9.82. The number of aromatic amines is 1. The highest BCUT2D eigenvalue weighted by Gasteiger charge is 2.35. The SMILES string of the molecule is CC[C@@H]1CN(C(=O)c2ccccc2)CCN1C(=O)C(=O)c1c[nH]c2c(Br)nccc12. The van der Waals surface area contributed by atoms with E-state index >= 15 is 0 Å². The molecule has 1 saturated heterocycles. The van der Waals surface area contributed by atoms with Crippen molar-refractivity contribution < 1.29 is 14.4 Å². The number of piperazine rings is 1. The second kappa shape index (κ2) is 8.39. The van der Waals surface area contributed by atoms with Crippen molar-refractivity contribution in [3.8, 4) is 0 Å². The first-order chi connectivity index (χ1) is 14.5. The van der Waals surface area contributed by atoms with E-state index in [0.29, 0.717) is 52.7 Å². The summed E-state index contributed by atoms with van der Waals surface area (Å²) in [4.78, 5) is 49.3. The molecule has 3 aromatic rings. The van der Waals surface area contributed by atoms with Gasteiger partial charge in [-0.1, -0.05) is 25.1 Å². The number of nitrogens with one attached hydrogen (secondary N) is 1. The Morgan fingerprint density at radius 3 is 2.67 bits per heavy atom. The summed E-state index contributed by atoms with van der Waals surface area (Å²) in [5.74, 6) is -1.15. The third-order valence-corrected chi connectivity index (χ3v) is 6.12. The summed E-state index contributed by atoms with van der Waals surface area (Å²) in [6.45, 7) is 3.09. The van der Waals surface area contributed by atoms with Gasteiger partial charge in [0.05, 0.1) is 11.1 Å². The number of carbonyl (C=O) groups excluding carboxylic acids is 3. The van der Waals surface area contributed by atoms with Crippen molar-refractivity contribution in [2.45, 2.75) is 19.4 Å². The number of rotatable bonds is 4. The molecule has 1 atom stereocenters. The van der Waals surface area contributed by atoms with Gasteiger partial charge >= 0.3 is 0 Å². The van der Waals surface area contributed by atoms with Crippen LogP contribution < -0.4 is 0 Å². The molecule has 2 aromatic heterocycles. The Balaban J connectivity index is 1.52. The van der Waals surface area contributed by atoms with Crippen molar-refractivity contribution >= 4 is 44.4 Å². The van der Waals surface area contributed by atoms with Crippen molar-refractivity contribution in [2.24, 2.45) is 0 Å². The highest BCUT2D eigenvalue weighted by atomic mass is 79.9. The fraction of sp³-hybridized carbons (Fsp3) is 0.273. The second-order valence-corrected chi connectivity index (χ2v) is 7.98. The van der Waals surface area contributed by atoms with Crippen molar-refractivity contribution in [1.82, 2.24) is 19.8 Å². The second-order valence-electron chi connectivity index (χ2n) is 7.23. The number of ketones is 1. The Kier molecular flexibility index (Phi) is 5.67. The zero-order valence-corrected chi connectivity index (χ0v) is 18.1. The summed E-state index contributed by atoms with van der Waals surface area (Å²) in [7, 11) is 0. The number of hydrogen-bond acceptors (Lipinski definition) is 4. The van der Waals surface area contributed by atoms with Crippen LogP contribution in [-0.4, -0.2) is 63.0 Å². The van der Waals surface area contributed by atoms with Crippen molar-refractivity contribution in [3.05, 3.63) is 64.5 Å². The molecule has 0 saturated carbocycles. The van der Waals surface area contributed by atoms with Gasteiger partial charge in [-0.3, -0.25) is 14.4 Å². The van der Waals surface area contributed by atoms with Gasteiger partial charge in [0, 0.05) is 49.0 Å². The maximum atomic E-state index is 13.1. The molecule has 1 aliphatic heterocycles. The largest absolute Gasteiger partial charge is 0.358 e. The quantitative estimate of drug-likeness (QED) is 0.361. The number of aromatic nitrogens is 2. The molecule has 0 aliphatic carbocycles. The van der Waals surface area contributed by atoms with Crippen LogP contribution in [0.25, 0.3) is 10.9 Å². The van der Waals surface area contributed by atoms with Crippen molar-refractivity contribution in [3.63, 3.8) is 0 Å². The van der Waals surface area contributed by atoms with E-state index in [4.69, 9.17) is 0 Å². The molecule has 30 heavy (non-hydrogen) atoms. The van der Waals surface area contributed by atoms with Gasteiger partial charge in [0.15, 0.2) is 0 Å². The molecule has 3 heterocycles. The lowest BCUT2D eigenvalue weighted by atomic mass is 10.0. The number of Topliss-reactive ketones (excluding diaryl/α,β-unsaturated/α-hetero) is 1. The van der Waals surface area contributed by atoms with E-state index in [1.165, 1.54) is 0 Å². The minimum atomic E-state index is -0.555. The molecule has 8 heteroatoms. The van der Waals surface area contributed by atoms with Gasteiger partial charge in [-0.2, -0.15) is 0 Å². The monoisotopic (exact) mass is 468 g/mol. The van der Waals surface area contributed by atoms with Crippen LogP contribution in [0.3, 0.4) is 0 Å². The summed E-state index contributed by atoms with van der Waals surface area (Å²) < 4.78 is 0.589. The van der Waals surface area contributed by atoms with Crippen LogP contribution in [0.2, 0.25) is 0 Å². The van der Waals surface area contributed by atoms with Gasteiger partial charge in [-0.15, -0.1) is 0 Å². The van der Waals surface area contributed by atoms with Crippen LogP contribution in [0.5, 0.6) is 0 Å². The fourth-order valence-corrected chi connectivity index (χ4v) is 4.32. The zero-order valence-electron chi connectivity index (χ0n) is 16.5. The predicted molar refractivity (Wildman–Crippen MR) is 116 cm³/mol. The maximum absolute atomic E-state index is 13.1. The number of carbonyl (C=O) groups is 3. The van der Waals surface area contributed by atoms with Crippen molar-refractivity contribution in [2.75, 3.05) is 19.6 Å². The fourth-order valence-electron chi connectivity index (χ4n) is 3.87. The number of fused-ring (bicyclic) bond motifs is 1. The van der Waals surface area contributed by atoms with Gasteiger partial charge in [-0.25, -0.2) is 4.98 Å². The molecule has 1 aliphatic rings. The lowest BCUT2D eigenvalue weighted by Gasteiger charge is -2.40. The molecule has 0 bridgehead atoms. The smallest absolute Gasteiger partial charge is 0.295 e. The summed E-state index contributed by atoms with van der Waals surface area (Å²) in [5, 5.41) is 0.654. The first kappa shape index (κ1) is 20.3. The topological polar surface area (TPSA) is 86.4 Å². The molecule has 2 amide bonds. The molecule has 7 nitrogen and oxygen atoms in total. The molecule has 0 radical (unpaired) electrons. The molecule has 154 valence electrons. The minimum Gasteiger partial charge on any atom is -0.358 e. The summed E-state index contributed by atoms with van der Waals surface area (Å²) >= 11 is 3.35. The van der Waals surface area contributed by atoms with Gasteiger partial charge in [0.2, 0.25) is 0 Å². The van der Waals surface area contributed by atoms with Gasteiger partial charge in [0.1, 0.15) is 4.60 Å². The highest BCUT2D eigenvalue weighted by Crippen LogP contribution is 2.25. The molecule has 1 aromatic carbocycles. The van der Waals surface area contributed by atoms with Crippen LogP contribution >= 0.6 is 15.9 Å². The average molecular weight is 469 g/mol. The molecular weight excluding hydrogens is 448 g/mol. The van der Waals surface area contributed by atoms with E-state index < -0.39 is 11.7 Å². The summed E-state index contributed by atoms with van der Waals surface area (Å²) in [6, 6.07) is 10.6. The normalized spacial score (nSPS) is 16.7. The number of pyridine rings is 1. The van der Waals surface area contributed by atoms with E-state index in [0.717, 1.165) is 0 Å². The Morgan fingerprint density at radius 1 is 1.17 bits per heavy atom. The third-order valence-electron chi connectivity index (χ3n) is 5.52. The Bertz CT molecular complexity index is 1110. The third kappa shape index (κ3) is 3.63. The number of amides is 2. The first-order valence-corrected chi connectivity index (χ1v) is 10.6. The minimum absolute atomic E-state index is 0.0542. The van der Waals surface area contributed by atoms with Crippen LogP contribution in [0.4, 0.5) is 0 Å². The Hall–Kier alpha value is -3.00. The molecule has 1 N–H and O–H groups in total. The predicted octanol–water partition coefficient (Wildman–Crippen LogP) is 3.27. The number of nitrogens with zero attached hydrogens (tertiary/aromatic N) is 3. The zero-order chi connectivity index (χ0) is 21.3. The van der Waals surface area contributed by atoms with Gasteiger partial charge < -0.3 is 14.8 Å². The molecule has 0 spiro atoms. The number of hydrogen-bond donors (Lipinski definition) is 1. The lowest BCUT2D eigenvalue weighted by molar-refractivity contribution is -0.130. The van der Waals surface area contributed by atoms with Gasteiger partial charge in [0.25, 0.3) is 17.6 Å². The van der Waals surface area contributed by atoms with Crippen molar-refractivity contribution in [1.29, 1.82) is 0 Å². The summed E-state index contributed by atoms with van der Waals surface area (Å²) in [6.07, 6.45) is 3.79. The number of H-pyrrole nitrogens is 1. The van der Waals surface area contributed by atoms with E-state index in [2.05, 4.69) is 25.9 Å². The van der Waals surface area contributed by atoms with E-state index in [-0.39, 0.29) is 11.9 Å². The Labute approximate surface area is 182 Å². The van der Waals surface area contributed by atoms with E-state index in [1.54, 1.807) is 40.4 Å². The standard InChI is InChI=1S/C22H21BrN4O3/c1-2-15-13-26(21(29)14-6-4-3-5-7-14)10-11-27(15)22(30)19(28)17-12-25-18-16(17)8-9-24-20(18)23/h3-9,12,15,25H,2,10-11,13H2,1H3/t15-/m1/s1. The molecule has 0 unspecified atom stereocenters. The Morgan fingerprint density at radius 2 is 1.93 bits per heavy atom. The van der Waals surface area contributed by atoms with Crippen LogP contribution in [-0.2, 0) is 4.79 Å².